The lowest BCUT2D eigenvalue weighted by Gasteiger charge is -2.15. The lowest BCUT2D eigenvalue weighted by atomic mass is 10.2. The Hall–Kier alpha value is -1.67. The molecule has 0 saturated heterocycles. The Morgan fingerprint density at radius 2 is 1.89 bits per heavy atom. The van der Waals surface area contributed by atoms with Crippen LogP contribution in [-0.4, -0.2) is 56.5 Å². The number of amides is 3. The molecule has 3 N–H and O–H groups in total. The first-order valence-corrected chi connectivity index (χ1v) is 5.80. The fourth-order valence-corrected chi connectivity index (χ4v) is 1.24. The van der Waals surface area contributed by atoms with Crippen LogP contribution in [0.2, 0.25) is 0 Å². The molecule has 0 aromatic carbocycles. The van der Waals surface area contributed by atoms with Gasteiger partial charge in [0.2, 0.25) is 5.91 Å². The molecule has 0 aliphatic carbocycles. The smallest absolute Gasteiger partial charge is 0.321 e. The molecule has 8 heteroatoms. The molecule has 0 heterocycles. The van der Waals surface area contributed by atoms with E-state index in [4.69, 9.17) is 14.6 Å². The Balaban J connectivity index is 3.78. The van der Waals surface area contributed by atoms with Gasteiger partial charge in [0.05, 0.1) is 12.7 Å². The summed E-state index contributed by atoms with van der Waals surface area (Å²) in [4.78, 5) is 32.8. The molecular formula is C11H20N2O6. The highest BCUT2D eigenvalue weighted by Crippen LogP contribution is 1.95. The fourth-order valence-electron chi connectivity index (χ4n) is 1.24. The predicted octanol–water partition coefficient (Wildman–Crippen LogP) is -0.271. The van der Waals surface area contributed by atoms with Crippen LogP contribution in [-0.2, 0) is 19.1 Å². The summed E-state index contributed by atoms with van der Waals surface area (Å²) < 4.78 is 9.88. The Morgan fingerprint density at radius 3 is 2.42 bits per heavy atom. The van der Waals surface area contributed by atoms with Crippen molar-refractivity contribution in [3.63, 3.8) is 0 Å². The average Bonchev–Trinajstić information content (AvgIpc) is 2.33. The molecular weight excluding hydrogens is 256 g/mol. The number of carboxylic acids is 1. The van der Waals surface area contributed by atoms with Gasteiger partial charge >= 0.3 is 12.0 Å². The van der Waals surface area contributed by atoms with Gasteiger partial charge in [-0.15, -0.1) is 0 Å². The predicted molar refractivity (Wildman–Crippen MR) is 65.7 cm³/mol. The van der Waals surface area contributed by atoms with Crippen molar-refractivity contribution in [1.82, 2.24) is 10.6 Å². The van der Waals surface area contributed by atoms with Gasteiger partial charge in [-0.25, -0.2) is 4.79 Å². The molecule has 0 radical (unpaired) electrons. The van der Waals surface area contributed by atoms with Crippen LogP contribution in [0.1, 0.15) is 19.3 Å². The van der Waals surface area contributed by atoms with Gasteiger partial charge in [-0.2, -0.15) is 0 Å². The summed E-state index contributed by atoms with van der Waals surface area (Å²) in [6.07, 6.45) is -0.211. The van der Waals surface area contributed by atoms with Gasteiger partial charge in [0.25, 0.3) is 0 Å². The average molecular weight is 276 g/mol. The number of carboxylic acid groups (broad SMARTS) is 1. The van der Waals surface area contributed by atoms with Gasteiger partial charge in [-0.3, -0.25) is 14.9 Å². The van der Waals surface area contributed by atoms with E-state index in [1.807, 2.05) is 0 Å². The van der Waals surface area contributed by atoms with E-state index in [2.05, 4.69) is 10.6 Å². The van der Waals surface area contributed by atoms with Crippen LogP contribution >= 0.6 is 0 Å². The highest BCUT2D eigenvalue weighted by atomic mass is 16.5. The molecule has 3 amide bonds. The van der Waals surface area contributed by atoms with Crippen molar-refractivity contribution in [2.75, 3.05) is 27.4 Å². The number of carbonyl (C=O) groups excluding carboxylic acids is 2. The number of hydrogen-bond donors (Lipinski definition) is 3. The van der Waals surface area contributed by atoms with Crippen molar-refractivity contribution in [2.24, 2.45) is 0 Å². The van der Waals surface area contributed by atoms with Gasteiger partial charge < -0.3 is 19.9 Å². The first kappa shape index (κ1) is 17.3. The van der Waals surface area contributed by atoms with E-state index in [9.17, 15) is 14.4 Å². The van der Waals surface area contributed by atoms with Gasteiger partial charge in [-0.05, 0) is 6.42 Å². The van der Waals surface area contributed by atoms with Crippen molar-refractivity contribution >= 4 is 17.9 Å². The van der Waals surface area contributed by atoms with Crippen molar-refractivity contribution in [2.45, 2.75) is 25.4 Å². The second kappa shape index (κ2) is 10.3. The summed E-state index contributed by atoms with van der Waals surface area (Å²) >= 11 is 0. The van der Waals surface area contributed by atoms with Gasteiger partial charge in [0.1, 0.15) is 0 Å². The number of imide groups is 1. The van der Waals surface area contributed by atoms with E-state index in [0.29, 0.717) is 6.61 Å². The Bertz CT molecular complexity index is 308. The van der Waals surface area contributed by atoms with E-state index in [1.54, 1.807) is 0 Å². The van der Waals surface area contributed by atoms with E-state index < -0.39 is 17.9 Å². The number of nitrogens with one attached hydrogen (secondary N) is 2. The molecule has 1 atom stereocenters. The lowest BCUT2D eigenvalue weighted by Crippen LogP contribution is -2.43. The van der Waals surface area contributed by atoms with Crippen LogP contribution in [0, 0.1) is 0 Å². The van der Waals surface area contributed by atoms with Crippen LogP contribution in [0.5, 0.6) is 0 Å². The van der Waals surface area contributed by atoms with Crippen molar-refractivity contribution < 1.29 is 29.0 Å². The van der Waals surface area contributed by atoms with E-state index in [1.165, 1.54) is 14.2 Å². The molecule has 19 heavy (non-hydrogen) atoms. The van der Waals surface area contributed by atoms with Crippen LogP contribution < -0.4 is 10.6 Å². The number of carbonyl (C=O) groups is 3. The Morgan fingerprint density at radius 1 is 1.21 bits per heavy atom. The molecule has 0 aromatic rings. The summed E-state index contributed by atoms with van der Waals surface area (Å²) in [5.74, 6) is -1.49. The Labute approximate surface area is 111 Å². The molecule has 0 aliphatic rings. The first-order chi connectivity index (χ1) is 8.99. The molecule has 0 rings (SSSR count). The summed E-state index contributed by atoms with van der Waals surface area (Å²) in [5.41, 5.74) is 0. The maximum absolute atomic E-state index is 11.3. The zero-order valence-corrected chi connectivity index (χ0v) is 11.1. The summed E-state index contributed by atoms with van der Waals surface area (Å²) in [6, 6.07) is -0.640. The topological polar surface area (TPSA) is 114 Å². The zero-order valence-electron chi connectivity index (χ0n) is 11.1. The van der Waals surface area contributed by atoms with Crippen LogP contribution in [0.3, 0.4) is 0 Å². The summed E-state index contributed by atoms with van der Waals surface area (Å²) in [5, 5.41) is 12.9. The Kier molecular flexibility index (Phi) is 9.37. The molecule has 0 aliphatic heterocycles. The van der Waals surface area contributed by atoms with Crippen LogP contribution in [0.4, 0.5) is 4.79 Å². The molecule has 1 unspecified atom stereocenters. The molecule has 8 nitrogen and oxygen atoms in total. The minimum Gasteiger partial charge on any atom is -0.481 e. The third kappa shape index (κ3) is 9.98. The lowest BCUT2D eigenvalue weighted by molar-refractivity contribution is -0.137. The molecule has 0 saturated carbocycles. The fraction of sp³-hybridized carbons (Fsp3) is 0.727. The normalized spacial score (nSPS) is 11.7. The SMILES string of the molecule is COCC(CNC(=O)NC(=O)CCCC(=O)O)OC. The molecule has 0 spiro atoms. The summed E-state index contributed by atoms with van der Waals surface area (Å²) in [6.45, 7) is 0.530. The van der Waals surface area contributed by atoms with Crippen LogP contribution in [0.25, 0.3) is 0 Å². The maximum atomic E-state index is 11.3. The second-order valence-corrected chi connectivity index (χ2v) is 3.82. The van der Waals surface area contributed by atoms with Crippen molar-refractivity contribution in [3.05, 3.63) is 0 Å². The van der Waals surface area contributed by atoms with Crippen molar-refractivity contribution in [3.8, 4) is 0 Å². The first-order valence-electron chi connectivity index (χ1n) is 5.80. The number of aliphatic carboxylic acids is 1. The van der Waals surface area contributed by atoms with Gasteiger partial charge in [-0.1, -0.05) is 0 Å². The highest BCUT2D eigenvalue weighted by molar-refractivity contribution is 5.94. The standard InChI is InChI=1S/C11H20N2O6/c1-18-7-8(19-2)6-12-11(17)13-9(14)4-3-5-10(15)16/h8H,3-7H2,1-2H3,(H,15,16)(H2,12,13,14,17). The zero-order chi connectivity index (χ0) is 14.7. The number of rotatable bonds is 9. The molecule has 0 fully saturated rings. The minimum absolute atomic E-state index is 0.00844. The second-order valence-electron chi connectivity index (χ2n) is 3.82. The van der Waals surface area contributed by atoms with E-state index >= 15 is 0 Å². The maximum Gasteiger partial charge on any atom is 0.321 e. The number of urea groups is 1. The number of hydrogen-bond acceptors (Lipinski definition) is 5. The molecule has 0 aromatic heterocycles. The monoisotopic (exact) mass is 276 g/mol. The third-order valence-electron chi connectivity index (χ3n) is 2.22. The van der Waals surface area contributed by atoms with Crippen LogP contribution in [0.15, 0.2) is 0 Å². The third-order valence-corrected chi connectivity index (χ3v) is 2.22. The highest BCUT2D eigenvalue weighted by Gasteiger charge is 2.11. The largest absolute Gasteiger partial charge is 0.481 e. The quantitative estimate of drug-likeness (QED) is 0.534. The number of methoxy groups -OCH3 is 2. The van der Waals surface area contributed by atoms with E-state index in [0.717, 1.165) is 0 Å². The minimum atomic E-state index is -0.972. The van der Waals surface area contributed by atoms with Gasteiger partial charge in [0, 0.05) is 33.6 Å². The van der Waals surface area contributed by atoms with E-state index in [-0.39, 0.29) is 31.9 Å². The molecule has 0 bridgehead atoms. The number of ether oxygens (including phenoxy) is 2. The summed E-state index contributed by atoms with van der Waals surface area (Å²) in [7, 11) is 3.00. The molecule has 110 valence electrons. The van der Waals surface area contributed by atoms with Crippen molar-refractivity contribution in [1.29, 1.82) is 0 Å². The van der Waals surface area contributed by atoms with Gasteiger partial charge in [0.15, 0.2) is 0 Å².